The Morgan fingerprint density at radius 2 is 1.71 bits per heavy atom. The number of benzene rings is 2. The molecule has 1 aliphatic carbocycles. The summed E-state index contributed by atoms with van der Waals surface area (Å²) in [6, 6.07) is 11.4. The van der Waals surface area contributed by atoms with Crippen LogP contribution in [0.5, 0.6) is 0 Å². The largest absolute Gasteiger partial charge is 0.321 e. The lowest BCUT2D eigenvalue weighted by atomic mass is 9.96. The maximum atomic E-state index is 12.9. The number of nitrogens with zero attached hydrogens (tertiary/aromatic N) is 1. The maximum Gasteiger partial charge on any atom is 0.255 e. The van der Waals surface area contributed by atoms with Gasteiger partial charge in [-0.15, -0.1) is 0 Å². The van der Waals surface area contributed by atoms with Gasteiger partial charge in [0.25, 0.3) is 5.91 Å². The van der Waals surface area contributed by atoms with Crippen molar-refractivity contribution in [3.05, 3.63) is 58.6 Å². The van der Waals surface area contributed by atoms with Crippen molar-refractivity contribution < 1.29 is 13.2 Å². The fourth-order valence-corrected chi connectivity index (χ4v) is 5.20. The standard InChI is InChI=1S/C21H25ClN2O3S/c1-15-8-13-20(19(22)14-15)23-21(25)16-9-11-18(12-10-16)28(26,27)24(2)17-6-4-3-5-7-17/h8-14,17H,3-7H2,1-2H3,(H,23,25). The third kappa shape index (κ3) is 4.57. The molecule has 28 heavy (non-hydrogen) atoms. The first-order valence-electron chi connectivity index (χ1n) is 9.44. The van der Waals surface area contributed by atoms with Gasteiger partial charge in [0.2, 0.25) is 10.0 Å². The zero-order valence-corrected chi connectivity index (χ0v) is 17.7. The molecule has 2 aromatic rings. The average molecular weight is 421 g/mol. The number of carbonyl (C=O) groups excluding carboxylic acids is 1. The highest BCUT2D eigenvalue weighted by atomic mass is 35.5. The monoisotopic (exact) mass is 420 g/mol. The number of aryl methyl sites for hydroxylation is 1. The molecule has 0 bridgehead atoms. The summed E-state index contributed by atoms with van der Waals surface area (Å²) in [4.78, 5) is 12.7. The fraction of sp³-hybridized carbons (Fsp3) is 0.381. The van der Waals surface area contributed by atoms with Crippen molar-refractivity contribution in [1.29, 1.82) is 0 Å². The molecule has 7 heteroatoms. The Balaban J connectivity index is 1.74. The molecule has 1 aliphatic rings. The van der Waals surface area contributed by atoms with E-state index >= 15 is 0 Å². The molecule has 1 fully saturated rings. The lowest BCUT2D eigenvalue weighted by Gasteiger charge is -2.30. The number of carbonyl (C=O) groups is 1. The van der Waals surface area contributed by atoms with Crippen molar-refractivity contribution in [1.82, 2.24) is 4.31 Å². The van der Waals surface area contributed by atoms with Crippen LogP contribution in [0.3, 0.4) is 0 Å². The normalized spacial score (nSPS) is 15.6. The van der Waals surface area contributed by atoms with Gasteiger partial charge in [0, 0.05) is 18.7 Å². The quantitative estimate of drug-likeness (QED) is 0.751. The molecule has 0 radical (unpaired) electrons. The van der Waals surface area contributed by atoms with Crippen LogP contribution in [-0.2, 0) is 10.0 Å². The SMILES string of the molecule is Cc1ccc(NC(=O)c2ccc(S(=O)(=O)N(C)C3CCCCC3)cc2)c(Cl)c1. The van der Waals surface area contributed by atoms with Crippen molar-refractivity contribution in [2.24, 2.45) is 0 Å². The predicted octanol–water partition coefficient (Wildman–Crippen LogP) is 4.85. The smallest absolute Gasteiger partial charge is 0.255 e. The molecular formula is C21H25ClN2O3S. The van der Waals surface area contributed by atoms with Gasteiger partial charge >= 0.3 is 0 Å². The highest BCUT2D eigenvalue weighted by molar-refractivity contribution is 7.89. The van der Waals surface area contributed by atoms with Crippen LogP contribution in [0.15, 0.2) is 47.4 Å². The van der Waals surface area contributed by atoms with Gasteiger partial charge in [0.15, 0.2) is 0 Å². The zero-order valence-electron chi connectivity index (χ0n) is 16.1. The molecule has 0 heterocycles. The van der Waals surface area contributed by atoms with E-state index < -0.39 is 10.0 Å². The number of amides is 1. The highest BCUT2D eigenvalue weighted by Crippen LogP contribution is 2.27. The summed E-state index contributed by atoms with van der Waals surface area (Å²) in [6.45, 7) is 1.92. The maximum absolute atomic E-state index is 12.9. The molecule has 0 spiro atoms. The molecule has 5 nitrogen and oxygen atoms in total. The van der Waals surface area contributed by atoms with Crippen molar-refractivity contribution in [2.45, 2.75) is 50.0 Å². The van der Waals surface area contributed by atoms with Crippen LogP contribution in [0.4, 0.5) is 5.69 Å². The number of nitrogens with one attached hydrogen (secondary N) is 1. The Kier molecular flexibility index (Phi) is 6.43. The van der Waals surface area contributed by atoms with E-state index in [4.69, 9.17) is 11.6 Å². The Labute approximate surface area is 171 Å². The van der Waals surface area contributed by atoms with Gasteiger partial charge < -0.3 is 5.32 Å². The lowest BCUT2D eigenvalue weighted by Crippen LogP contribution is -2.38. The molecular weight excluding hydrogens is 396 g/mol. The number of halogens is 1. The second kappa shape index (κ2) is 8.64. The third-order valence-electron chi connectivity index (χ3n) is 5.26. The van der Waals surface area contributed by atoms with Crippen LogP contribution in [-0.4, -0.2) is 31.7 Å². The van der Waals surface area contributed by atoms with Crippen molar-refractivity contribution in [2.75, 3.05) is 12.4 Å². The van der Waals surface area contributed by atoms with Crippen LogP contribution < -0.4 is 5.32 Å². The lowest BCUT2D eigenvalue weighted by molar-refractivity contribution is 0.102. The molecule has 1 N–H and O–H groups in total. The summed E-state index contributed by atoms with van der Waals surface area (Å²) in [5.74, 6) is -0.338. The number of anilines is 1. The van der Waals surface area contributed by atoms with E-state index in [-0.39, 0.29) is 16.8 Å². The number of hydrogen-bond donors (Lipinski definition) is 1. The van der Waals surface area contributed by atoms with E-state index in [9.17, 15) is 13.2 Å². The predicted molar refractivity (Wildman–Crippen MR) is 112 cm³/mol. The van der Waals surface area contributed by atoms with E-state index in [0.717, 1.165) is 31.2 Å². The summed E-state index contributed by atoms with van der Waals surface area (Å²) in [7, 11) is -1.93. The van der Waals surface area contributed by atoms with E-state index in [1.807, 2.05) is 13.0 Å². The topological polar surface area (TPSA) is 66.5 Å². The molecule has 1 amide bonds. The second-order valence-corrected chi connectivity index (χ2v) is 9.68. The van der Waals surface area contributed by atoms with Gasteiger partial charge in [-0.3, -0.25) is 4.79 Å². The molecule has 0 saturated heterocycles. The Bertz CT molecular complexity index is 952. The molecule has 3 rings (SSSR count). The second-order valence-electron chi connectivity index (χ2n) is 7.27. The number of sulfonamides is 1. The molecule has 2 aromatic carbocycles. The van der Waals surface area contributed by atoms with Gasteiger partial charge in [-0.2, -0.15) is 4.31 Å². The summed E-state index contributed by atoms with van der Waals surface area (Å²) in [5, 5.41) is 3.22. The Hall–Kier alpha value is -1.89. The Morgan fingerprint density at radius 3 is 2.32 bits per heavy atom. The van der Waals surface area contributed by atoms with Gasteiger partial charge in [0.05, 0.1) is 15.6 Å². The molecule has 1 saturated carbocycles. The van der Waals surface area contributed by atoms with E-state index in [0.29, 0.717) is 16.3 Å². The highest BCUT2D eigenvalue weighted by Gasteiger charge is 2.29. The van der Waals surface area contributed by atoms with Crippen LogP contribution in [0.25, 0.3) is 0 Å². The first kappa shape index (κ1) is 20.8. The number of rotatable bonds is 5. The first-order chi connectivity index (χ1) is 13.3. The van der Waals surface area contributed by atoms with Crippen LogP contribution in [0.2, 0.25) is 5.02 Å². The van der Waals surface area contributed by atoms with Gasteiger partial charge in [-0.1, -0.05) is 36.9 Å². The minimum Gasteiger partial charge on any atom is -0.321 e. The van der Waals surface area contributed by atoms with Crippen LogP contribution in [0, 0.1) is 6.92 Å². The van der Waals surface area contributed by atoms with Crippen molar-refractivity contribution in [3.8, 4) is 0 Å². The van der Waals surface area contributed by atoms with E-state index in [1.165, 1.54) is 35.0 Å². The summed E-state index contributed by atoms with van der Waals surface area (Å²) < 4.78 is 27.3. The van der Waals surface area contributed by atoms with Gasteiger partial charge in [-0.25, -0.2) is 8.42 Å². The first-order valence-corrected chi connectivity index (χ1v) is 11.3. The molecule has 0 aliphatic heterocycles. The molecule has 0 aromatic heterocycles. The minimum absolute atomic E-state index is 0.0467. The average Bonchev–Trinajstić information content (AvgIpc) is 2.70. The number of hydrogen-bond acceptors (Lipinski definition) is 3. The van der Waals surface area contributed by atoms with Crippen molar-refractivity contribution >= 4 is 33.2 Å². The van der Waals surface area contributed by atoms with E-state index in [2.05, 4.69) is 5.32 Å². The van der Waals surface area contributed by atoms with Crippen LogP contribution in [0.1, 0.15) is 48.0 Å². The summed E-state index contributed by atoms with van der Waals surface area (Å²) in [6.07, 6.45) is 5.08. The molecule has 0 unspecified atom stereocenters. The molecule has 150 valence electrons. The van der Waals surface area contributed by atoms with Gasteiger partial charge in [-0.05, 0) is 61.7 Å². The Morgan fingerprint density at radius 1 is 1.07 bits per heavy atom. The minimum atomic E-state index is -3.57. The van der Waals surface area contributed by atoms with Crippen LogP contribution >= 0.6 is 11.6 Å². The summed E-state index contributed by atoms with van der Waals surface area (Å²) in [5.41, 5.74) is 1.89. The van der Waals surface area contributed by atoms with Crippen molar-refractivity contribution in [3.63, 3.8) is 0 Å². The zero-order chi connectivity index (χ0) is 20.3. The fourth-order valence-electron chi connectivity index (χ4n) is 3.50. The van der Waals surface area contributed by atoms with Gasteiger partial charge in [0.1, 0.15) is 0 Å². The van der Waals surface area contributed by atoms with E-state index in [1.54, 1.807) is 19.2 Å². The molecule has 0 atom stereocenters. The summed E-state index contributed by atoms with van der Waals surface area (Å²) >= 11 is 6.16. The third-order valence-corrected chi connectivity index (χ3v) is 7.49.